The Morgan fingerprint density at radius 3 is 2.63 bits per heavy atom. The summed E-state index contributed by atoms with van der Waals surface area (Å²) in [6, 6.07) is 15.3. The number of para-hydroxylation sites is 1. The molecule has 1 aromatic heterocycles. The smallest absolute Gasteiger partial charge is 0.258 e. The lowest BCUT2D eigenvalue weighted by atomic mass is 10.2. The number of rotatable bonds is 9. The molecule has 0 saturated carbocycles. The molecule has 2 aromatic carbocycles. The number of nitrogens with one attached hydrogen (secondary N) is 2. The van der Waals surface area contributed by atoms with E-state index in [2.05, 4.69) is 10.6 Å². The zero-order valence-corrected chi connectivity index (χ0v) is 20.0. The van der Waals surface area contributed by atoms with Gasteiger partial charge in [0, 0.05) is 42.3 Å². The van der Waals surface area contributed by atoms with Crippen LogP contribution < -0.4 is 15.4 Å². The predicted molar refractivity (Wildman–Crippen MR) is 130 cm³/mol. The highest BCUT2D eigenvalue weighted by molar-refractivity contribution is 5.96. The molecule has 2 amide bonds. The zero-order valence-electron chi connectivity index (χ0n) is 20.0. The molecule has 35 heavy (non-hydrogen) atoms. The molecule has 1 aliphatic heterocycles. The van der Waals surface area contributed by atoms with Gasteiger partial charge in [0.1, 0.15) is 11.6 Å². The van der Waals surface area contributed by atoms with E-state index in [1.807, 2.05) is 42.7 Å². The van der Waals surface area contributed by atoms with Gasteiger partial charge in [-0.3, -0.25) is 9.59 Å². The average molecular weight is 480 g/mol. The number of halogens is 1. The number of carbonyl (C=O) groups is 2. The highest BCUT2D eigenvalue weighted by atomic mass is 19.1. The SMILES string of the molecule is Cc1cc(C(=O)NCc2ccccc2OCC(=O)NC[C@@H]2CCCO2)c(C)n1-c1ccc(F)cc1. The van der Waals surface area contributed by atoms with Crippen molar-refractivity contribution in [3.05, 3.63) is 82.9 Å². The second-order valence-electron chi connectivity index (χ2n) is 8.61. The largest absolute Gasteiger partial charge is 0.483 e. The minimum atomic E-state index is -0.310. The van der Waals surface area contributed by atoms with Crippen molar-refractivity contribution in [1.82, 2.24) is 15.2 Å². The summed E-state index contributed by atoms with van der Waals surface area (Å²) in [6.45, 7) is 5.11. The Morgan fingerprint density at radius 2 is 1.89 bits per heavy atom. The van der Waals surface area contributed by atoms with Crippen molar-refractivity contribution >= 4 is 11.8 Å². The minimum Gasteiger partial charge on any atom is -0.483 e. The summed E-state index contributed by atoms with van der Waals surface area (Å²) >= 11 is 0. The van der Waals surface area contributed by atoms with Crippen molar-refractivity contribution in [2.75, 3.05) is 19.8 Å². The van der Waals surface area contributed by atoms with Crippen LogP contribution >= 0.6 is 0 Å². The predicted octanol–water partition coefficient (Wildman–Crippen LogP) is 3.84. The van der Waals surface area contributed by atoms with E-state index >= 15 is 0 Å². The summed E-state index contributed by atoms with van der Waals surface area (Å²) in [5, 5.41) is 5.77. The molecule has 4 rings (SSSR count). The fourth-order valence-corrected chi connectivity index (χ4v) is 4.27. The Labute approximate surface area is 204 Å². The van der Waals surface area contributed by atoms with Gasteiger partial charge < -0.3 is 24.7 Å². The third-order valence-corrected chi connectivity index (χ3v) is 6.08. The van der Waals surface area contributed by atoms with Crippen LogP contribution in [0.1, 0.15) is 40.2 Å². The van der Waals surface area contributed by atoms with Gasteiger partial charge in [-0.05, 0) is 63.1 Å². The highest BCUT2D eigenvalue weighted by Crippen LogP contribution is 2.22. The van der Waals surface area contributed by atoms with Crippen LogP contribution in [0.25, 0.3) is 5.69 Å². The summed E-state index contributed by atoms with van der Waals surface area (Å²) in [5.74, 6) is -0.213. The molecule has 1 saturated heterocycles. The first-order valence-electron chi connectivity index (χ1n) is 11.7. The van der Waals surface area contributed by atoms with Crippen LogP contribution in [-0.2, 0) is 16.1 Å². The molecule has 0 spiro atoms. The van der Waals surface area contributed by atoms with Gasteiger partial charge in [0.25, 0.3) is 11.8 Å². The molecule has 1 atom stereocenters. The van der Waals surface area contributed by atoms with Crippen LogP contribution in [0.15, 0.2) is 54.6 Å². The van der Waals surface area contributed by atoms with Gasteiger partial charge in [-0.1, -0.05) is 18.2 Å². The molecule has 184 valence electrons. The molecule has 1 aliphatic rings. The molecule has 0 unspecified atom stereocenters. The van der Waals surface area contributed by atoms with E-state index < -0.39 is 0 Å². The monoisotopic (exact) mass is 479 g/mol. The lowest BCUT2D eigenvalue weighted by molar-refractivity contribution is -0.123. The summed E-state index contributed by atoms with van der Waals surface area (Å²) in [6.07, 6.45) is 2.05. The van der Waals surface area contributed by atoms with Crippen LogP contribution in [0.3, 0.4) is 0 Å². The minimum absolute atomic E-state index is 0.0754. The summed E-state index contributed by atoms with van der Waals surface area (Å²) in [7, 11) is 0. The maximum absolute atomic E-state index is 13.3. The lowest BCUT2D eigenvalue weighted by Crippen LogP contribution is -2.35. The number of benzene rings is 2. The number of hydrogen-bond donors (Lipinski definition) is 2. The fourth-order valence-electron chi connectivity index (χ4n) is 4.27. The Bertz CT molecular complexity index is 1180. The van der Waals surface area contributed by atoms with Crippen LogP contribution in [0.2, 0.25) is 0 Å². The van der Waals surface area contributed by atoms with Crippen LogP contribution in [-0.4, -0.2) is 42.2 Å². The average Bonchev–Trinajstić information content (AvgIpc) is 3.48. The first-order chi connectivity index (χ1) is 16.9. The van der Waals surface area contributed by atoms with E-state index in [9.17, 15) is 14.0 Å². The molecule has 2 heterocycles. The highest BCUT2D eigenvalue weighted by Gasteiger charge is 2.18. The quantitative estimate of drug-likeness (QED) is 0.489. The molecule has 0 bridgehead atoms. The van der Waals surface area contributed by atoms with Crippen LogP contribution in [0.4, 0.5) is 4.39 Å². The summed E-state index contributed by atoms with van der Waals surface area (Å²) < 4.78 is 26.5. The molecule has 1 fully saturated rings. The topological polar surface area (TPSA) is 81.6 Å². The maximum Gasteiger partial charge on any atom is 0.258 e. The van der Waals surface area contributed by atoms with Crippen molar-refractivity contribution in [3.63, 3.8) is 0 Å². The van der Waals surface area contributed by atoms with Crippen molar-refractivity contribution in [2.45, 2.75) is 39.3 Å². The molecule has 0 aliphatic carbocycles. The lowest BCUT2D eigenvalue weighted by Gasteiger charge is -2.14. The van der Waals surface area contributed by atoms with Gasteiger partial charge >= 0.3 is 0 Å². The van der Waals surface area contributed by atoms with Gasteiger partial charge in [0.15, 0.2) is 6.61 Å². The Balaban J connectivity index is 1.36. The standard InChI is InChI=1S/C27H30FN3O4/c1-18-14-24(19(2)31(18)22-11-9-21(28)10-12-22)27(33)30-15-20-6-3-4-8-25(20)35-17-26(32)29-16-23-7-5-13-34-23/h3-4,6,8-12,14,23H,5,7,13,15-17H2,1-2H3,(H,29,32)(H,30,33)/t23-/m0/s1. The first kappa shape index (κ1) is 24.5. The molecule has 7 nitrogen and oxygen atoms in total. The third-order valence-electron chi connectivity index (χ3n) is 6.08. The molecule has 0 radical (unpaired) electrons. The third kappa shape index (κ3) is 6.08. The number of aromatic nitrogens is 1. The van der Waals surface area contributed by atoms with E-state index in [4.69, 9.17) is 9.47 Å². The fraction of sp³-hybridized carbons (Fsp3) is 0.333. The number of aryl methyl sites for hydroxylation is 1. The Hall–Kier alpha value is -3.65. The first-order valence-corrected chi connectivity index (χ1v) is 11.7. The summed E-state index contributed by atoms with van der Waals surface area (Å²) in [5.41, 5.74) is 3.73. The molecule has 3 aromatic rings. The second kappa shape index (κ2) is 11.2. The molecular formula is C27H30FN3O4. The number of ether oxygens (including phenoxy) is 2. The second-order valence-corrected chi connectivity index (χ2v) is 8.61. The molecule has 2 N–H and O–H groups in total. The van der Waals surface area contributed by atoms with Gasteiger partial charge in [0.2, 0.25) is 0 Å². The van der Waals surface area contributed by atoms with Crippen molar-refractivity contribution in [3.8, 4) is 11.4 Å². The molecular weight excluding hydrogens is 449 g/mol. The van der Waals surface area contributed by atoms with Gasteiger partial charge in [0.05, 0.1) is 11.7 Å². The van der Waals surface area contributed by atoms with Gasteiger partial charge in [-0.25, -0.2) is 4.39 Å². The number of carbonyl (C=O) groups excluding carboxylic acids is 2. The van der Waals surface area contributed by atoms with E-state index in [-0.39, 0.29) is 36.9 Å². The molecule has 8 heteroatoms. The van der Waals surface area contributed by atoms with Crippen LogP contribution in [0, 0.1) is 19.7 Å². The van der Waals surface area contributed by atoms with Crippen molar-refractivity contribution in [1.29, 1.82) is 0 Å². The number of hydrogen-bond acceptors (Lipinski definition) is 4. The number of amides is 2. The normalized spacial score (nSPS) is 15.1. The van der Waals surface area contributed by atoms with Crippen molar-refractivity contribution < 1.29 is 23.5 Å². The zero-order chi connectivity index (χ0) is 24.8. The Kier molecular flexibility index (Phi) is 7.82. The van der Waals surface area contributed by atoms with Crippen molar-refractivity contribution in [2.24, 2.45) is 0 Å². The van der Waals surface area contributed by atoms with E-state index in [1.165, 1.54) is 12.1 Å². The van der Waals surface area contributed by atoms with Crippen LogP contribution in [0.5, 0.6) is 5.75 Å². The van der Waals surface area contributed by atoms with E-state index in [0.717, 1.165) is 42.1 Å². The summed E-state index contributed by atoms with van der Waals surface area (Å²) in [4.78, 5) is 25.1. The van der Waals surface area contributed by atoms with E-state index in [1.54, 1.807) is 18.2 Å². The van der Waals surface area contributed by atoms with Gasteiger partial charge in [-0.15, -0.1) is 0 Å². The maximum atomic E-state index is 13.3. The van der Waals surface area contributed by atoms with E-state index in [0.29, 0.717) is 17.9 Å². The van der Waals surface area contributed by atoms with Gasteiger partial charge in [-0.2, -0.15) is 0 Å². The Morgan fingerprint density at radius 1 is 1.11 bits per heavy atom. The number of nitrogens with zero attached hydrogens (tertiary/aromatic N) is 1.